The largest absolute Gasteiger partial charge is 0.392 e. The third kappa shape index (κ3) is 4.05. The van der Waals surface area contributed by atoms with Crippen molar-refractivity contribution in [3.05, 3.63) is 66.1 Å². The zero-order chi connectivity index (χ0) is 21.4. The summed E-state index contributed by atoms with van der Waals surface area (Å²) in [4.78, 5) is 35.0. The lowest BCUT2D eigenvalue weighted by molar-refractivity contribution is -0.132. The van der Waals surface area contributed by atoms with Crippen molar-refractivity contribution in [3.63, 3.8) is 0 Å². The molecule has 1 aliphatic carbocycles. The summed E-state index contributed by atoms with van der Waals surface area (Å²) in [6.07, 6.45) is 6.65. The fourth-order valence-electron chi connectivity index (χ4n) is 4.55. The van der Waals surface area contributed by atoms with Crippen molar-refractivity contribution in [1.82, 2.24) is 20.2 Å². The first-order valence-corrected chi connectivity index (χ1v) is 10.8. The number of hydrogen-bond donors (Lipinski definition) is 3. The third-order valence-electron chi connectivity index (χ3n) is 6.49. The summed E-state index contributed by atoms with van der Waals surface area (Å²) >= 11 is 0. The number of nitrogens with zero attached hydrogens (tertiary/aromatic N) is 2. The number of aliphatic hydroxyl groups excluding tert-OH is 1. The monoisotopic (exact) mass is 418 g/mol. The average Bonchev–Trinajstić information content (AvgIpc) is 3.38. The van der Waals surface area contributed by atoms with E-state index in [-0.39, 0.29) is 36.1 Å². The minimum absolute atomic E-state index is 0.00875. The normalized spacial score (nSPS) is 21.9. The van der Waals surface area contributed by atoms with Gasteiger partial charge in [-0.1, -0.05) is 30.3 Å². The van der Waals surface area contributed by atoms with Crippen molar-refractivity contribution in [2.24, 2.45) is 5.92 Å². The van der Waals surface area contributed by atoms with E-state index in [1.165, 1.54) is 0 Å². The number of amides is 2. The van der Waals surface area contributed by atoms with E-state index in [0.29, 0.717) is 18.7 Å². The van der Waals surface area contributed by atoms with Crippen LogP contribution in [-0.2, 0) is 4.79 Å². The number of aromatic nitrogens is 2. The zero-order valence-electron chi connectivity index (χ0n) is 17.2. The van der Waals surface area contributed by atoms with Gasteiger partial charge in [0, 0.05) is 36.8 Å². The molecule has 160 valence electrons. The maximum absolute atomic E-state index is 13.1. The standard InChI is InChI=1S/C24H26N4O3/c29-22(16-6-7-16)10-23(30)28-13-19(15-4-2-1-3-5-15)21(14-28)27-24(31)18-11-25-12-20-17(18)8-9-26-20/h1-5,8-9,11-12,16,19,21-22,26,29H,6-7,10,13-14H2,(H,27,31)/t19-,21+,22?/m0/s1. The minimum atomic E-state index is -0.561. The Bertz CT molecular complexity index is 1090. The Morgan fingerprint density at radius 3 is 2.74 bits per heavy atom. The van der Waals surface area contributed by atoms with Crippen LogP contribution in [0, 0.1) is 5.92 Å². The Morgan fingerprint density at radius 1 is 1.16 bits per heavy atom. The Morgan fingerprint density at radius 2 is 1.97 bits per heavy atom. The maximum atomic E-state index is 13.1. The number of hydrogen-bond acceptors (Lipinski definition) is 4. The topological polar surface area (TPSA) is 98.3 Å². The predicted octanol–water partition coefficient (Wildman–Crippen LogP) is 2.45. The predicted molar refractivity (Wildman–Crippen MR) is 116 cm³/mol. The molecule has 5 rings (SSSR count). The fraction of sp³-hybridized carbons (Fsp3) is 0.375. The number of benzene rings is 1. The summed E-state index contributed by atoms with van der Waals surface area (Å²) in [5, 5.41) is 14.2. The molecule has 0 bridgehead atoms. The molecule has 3 heterocycles. The van der Waals surface area contributed by atoms with Crippen LogP contribution in [0.4, 0.5) is 0 Å². The van der Waals surface area contributed by atoms with Gasteiger partial charge in [-0.05, 0) is 30.4 Å². The van der Waals surface area contributed by atoms with E-state index in [1.807, 2.05) is 36.4 Å². The molecule has 1 aromatic carbocycles. The summed E-state index contributed by atoms with van der Waals surface area (Å²) in [5.74, 6) is 0.00861. The van der Waals surface area contributed by atoms with Gasteiger partial charge in [-0.2, -0.15) is 0 Å². The number of likely N-dealkylation sites (tertiary alicyclic amines) is 1. The van der Waals surface area contributed by atoms with Gasteiger partial charge in [0.05, 0.1) is 35.8 Å². The van der Waals surface area contributed by atoms with Gasteiger partial charge in [0.2, 0.25) is 5.91 Å². The van der Waals surface area contributed by atoms with Gasteiger partial charge in [-0.15, -0.1) is 0 Å². The number of aliphatic hydroxyl groups is 1. The highest BCUT2D eigenvalue weighted by Crippen LogP contribution is 2.35. The molecule has 0 radical (unpaired) electrons. The molecule has 1 unspecified atom stereocenters. The number of pyridine rings is 1. The summed E-state index contributed by atoms with van der Waals surface area (Å²) in [5.41, 5.74) is 2.41. The molecule has 2 aliphatic rings. The van der Waals surface area contributed by atoms with Crippen LogP contribution < -0.4 is 5.32 Å². The molecule has 7 heteroatoms. The quantitative estimate of drug-likeness (QED) is 0.573. The number of fused-ring (bicyclic) bond motifs is 1. The van der Waals surface area contributed by atoms with Gasteiger partial charge >= 0.3 is 0 Å². The minimum Gasteiger partial charge on any atom is -0.392 e. The van der Waals surface area contributed by atoms with E-state index in [1.54, 1.807) is 23.5 Å². The van der Waals surface area contributed by atoms with Crippen molar-refractivity contribution in [3.8, 4) is 0 Å². The van der Waals surface area contributed by atoms with E-state index in [4.69, 9.17) is 0 Å². The average molecular weight is 418 g/mol. The summed E-state index contributed by atoms with van der Waals surface area (Å²) in [6.45, 7) is 0.954. The number of rotatable bonds is 6. The second kappa shape index (κ2) is 8.15. The van der Waals surface area contributed by atoms with Crippen LogP contribution in [0.25, 0.3) is 10.9 Å². The molecule has 2 amide bonds. The lowest BCUT2D eigenvalue weighted by atomic mass is 9.94. The van der Waals surface area contributed by atoms with Crippen LogP contribution in [-0.4, -0.2) is 57.0 Å². The number of aromatic amines is 1. The second-order valence-electron chi connectivity index (χ2n) is 8.63. The molecule has 7 nitrogen and oxygen atoms in total. The summed E-state index contributed by atoms with van der Waals surface area (Å²) < 4.78 is 0. The highest BCUT2D eigenvalue weighted by Gasteiger charge is 2.39. The van der Waals surface area contributed by atoms with E-state index >= 15 is 0 Å². The first-order valence-electron chi connectivity index (χ1n) is 10.8. The van der Waals surface area contributed by atoms with Crippen molar-refractivity contribution < 1.29 is 14.7 Å². The molecule has 0 spiro atoms. The van der Waals surface area contributed by atoms with Crippen molar-refractivity contribution in [2.45, 2.75) is 37.3 Å². The van der Waals surface area contributed by atoms with Gasteiger partial charge in [0.1, 0.15) is 0 Å². The van der Waals surface area contributed by atoms with Crippen LogP contribution in [0.5, 0.6) is 0 Å². The van der Waals surface area contributed by atoms with Gasteiger partial charge in [0.15, 0.2) is 0 Å². The van der Waals surface area contributed by atoms with Crippen molar-refractivity contribution >= 4 is 22.7 Å². The summed E-state index contributed by atoms with van der Waals surface area (Å²) in [7, 11) is 0. The van der Waals surface area contributed by atoms with Crippen molar-refractivity contribution in [1.29, 1.82) is 0 Å². The number of nitrogens with one attached hydrogen (secondary N) is 2. The van der Waals surface area contributed by atoms with Crippen LogP contribution in [0.15, 0.2) is 55.0 Å². The summed E-state index contributed by atoms with van der Waals surface area (Å²) in [6, 6.07) is 11.6. The van der Waals surface area contributed by atoms with Gasteiger partial charge in [-0.3, -0.25) is 14.6 Å². The van der Waals surface area contributed by atoms with E-state index in [2.05, 4.69) is 15.3 Å². The fourth-order valence-corrected chi connectivity index (χ4v) is 4.55. The molecule has 31 heavy (non-hydrogen) atoms. The molecule has 1 aliphatic heterocycles. The Labute approximate surface area is 180 Å². The Hall–Kier alpha value is -3.19. The lowest BCUT2D eigenvalue weighted by Gasteiger charge is -2.20. The number of carbonyl (C=O) groups is 2. The van der Waals surface area contributed by atoms with Crippen LogP contribution in [0.1, 0.15) is 41.1 Å². The van der Waals surface area contributed by atoms with Gasteiger partial charge in [-0.25, -0.2) is 0 Å². The SMILES string of the molecule is O=C(N[C@@H]1CN(C(=O)CC(O)C2CC2)C[C@H]1c1ccccc1)c1cncc2[nH]ccc12. The molecule has 2 aromatic heterocycles. The highest BCUT2D eigenvalue weighted by atomic mass is 16.3. The van der Waals surface area contributed by atoms with E-state index in [9.17, 15) is 14.7 Å². The van der Waals surface area contributed by atoms with Crippen molar-refractivity contribution in [2.75, 3.05) is 13.1 Å². The molecule has 3 aromatic rings. The molecule has 1 saturated heterocycles. The molecule has 3 atom stereocenters. The van der Waals surface area contributed by atoms with E-state index < -0.39 is 6.10 Å². The van der Waals surface area contributed by atoms with Crippen LogP contribution >= 0.6 is 0 Å². The first kappa shape index (κ1) is 19.8. The Balaban J connectivity index is 1.36. The van der Waals surface area contributed by atoms with Gasteiger partial charge < -0.3 is 20.3 Å². The smallest absolute Gasteiger partial charge is 0.253 e. The van der Waals surface area contributed by atoms with E-state index in [0.717, 1.165) is 29.3 Å². The molecular weight excluding hydrogens is 392 g/mol. The molecule has 3 N–H and O–H groups in total. The Kier molecular flexibility index (Phi) is 5.19. The molecule has 1 saturated carbocycles. The van der Waals surface area contributed by atoms with Gasteiger partial charge in [0.25, 0.3) is 5.91 Å². The maximum Gasteiger partial charge on any atom is 0.253 e. The number of H-pyrrole nitrogens is 1. The lowest BCUT2D eigenvalue weighted by Crippen LogP contribution is -2.41. The number of carbonyl (C=O) groups excluding carboxylic acids is 2. The van der Waals surface area contributed by atoms with Crippen LogP contribution in [0.2, 0.25) is 0 Å². The first-order chi connectivity index (χ1) is 15.1. The second-order valence-corrected chi connectivity index (χ2v) is 8.63. The van der Waals surface area contributed by atoms with Crippen LogP contribution in [0.3, 0.4) is 0 Å². The highest BCUT2D eigenvalue weighted by molar-refractivity contribution is 6.06. The third-order valence-corrected chi connectivity index (χ3v) is 6.49. The zero-order valence-corrected chi connectivity index (χ0v) is 17.2. The molecular formula is C24H26N4O3. The molecule has 2 fully saturated rings.